The zero-order valence-corrected chi connectivity index (χ0v) is 10.1. The van der Waals surface area contributed by atoms with Crippen LogP contribution in [0.15, 0.2) is 6.20 Å². The average Bonchev–Trinajstić information content (AvgIpc) is 2.35. The van der Waals surface area contributed by atoms with Crippen molar-refractivity contribution in [3.8, 4) is 0 Å². The molecule has 0 spiro atoms. The van der Waals surface area contributed by atoms with Gasteiger partial charge in [-0.3, -0.25) is 0 Å². The summed E-state index contributed by atoms with van der Waals surface area (Å²) < 4.78 is 28.5. The second-order valence-electron chi connectivity index (χ2n) is 4.40. The van der Waals surface area contributed by atoms with Crippen molar-refractivity contribution >= 4 is 0 Å². The second kappa shape index (κ2) is 6.15. The molecule has 1 aromatic heterocycles. The van der Waals surface area contributed by atoms with Crippen LogP contribution in [0.4, 0.5) is 8.78 Å². The first kappa shape index (κ1) is 13.3. The van der Waals surface area contributed by atoms with Crippen LogP contribution < -0.4 is 5.73 Å². The number of hydrogen-bond donors (Lipinski definition) is 1. The van der Waals surface area contributed by atoms with E-state index >= 15 is 0 Å². The van der Waals surface area contributed by atoms with Crippen LogP contribution in [0, 0.1) is 0 Å². The van der Waals surface area contributed by atoms with Crippen LogP contribution >= 0.6 is 0 Å². The Morgan fingerprint density at radius 3 is 3.11 bits per heavy atom. The Balaban J connectivity index is 1.90. The Morgan fingerprint density at radius 2 is 2.33 bits per heavy atom. The third-order valence-corrected chi connectivity index (χ3v) is 2.99. The lowest BCUT2D eigenvalue weighted by atomic mass is 9.93. The van der Waals surface area contributed by atoms with Crippen molar-refractivity contribution in [2.75, 3.05) is 13.2 Å². The summed E-state index contributed by atoms with van der Waals surface area (Å²) in [6.45, 7) is -0.314. The lowest BCUT2D eigenvalue weighted by Crippen LogP contribution is -2.20. The van der Waals surface area contributed by atoms with Crippen molar-refractivity contribution in [1.29, 1.82) is 0 Å². The zero-order valence-electron chi connectivity index (χ0n) is 10.1. The summed E-state index contributed by atoms with van der Waals surface area (Å²) in [7, 11) is 0. The highest BCUT2D eigenvalue weighted by atomic mass is 19.3. The fourth-order valence-electron chi connectivity index (χ4n) is 2.08. The maximum Gasteiger partial charge on any atom is 0.261 e. The lowest BCUT2D eigenvalue weighted by Gasteiger charge is -2.20. The highest BCUT2D eigenvalue weighted by Crippen LogP contribution is 2.25. The van der Waals surface area contributed by atoms with Gasteiger partial charge in [-0.2, -0.15) is 0 Å². The van der Waals surface area contributed by atoms with Gasteiger partial charge in [-0.05, 0) is 19.3 Å². The predicted octanol–water partition coefficient (Wildman–Crippen LogP) is 1.64. The maximum atomic E-state index is 11.9. The number of alkyl halides is 2. The molecule has 0 amide bonds. The van der Waals surface area contributed by atoms with Gasteiger partial charge >= 0.3 is 0 Å². The molecule has 0 aromatic carbocycles. The van der Waals surface area contributed by atoms with Gasteiger partial charge in [-0.1, -0.05) is 0 Å². The molecule has 1 atom stereocenters. The van der Waals surface area contributed by atoms with E-state index in [2.05, 4.69) is 9.97 Å². The summed E-state index contributed by atoms with van der Waals surface area (Å²) in [4.78, 5) is 8.62. The van der Waals surface area contributed by atoms with Crippen LogP contribution in [0.1, 0.15) is 36.0 Å². The van der Waals surface area contributed by atoms with E-state index in [1.165, 1.54) is 0 Å². The third-order valence-electron chi connectivity index (χ3n) is 2.99. The zero-order chi connectivity index (χ0) is 13.0. The van der Waals surface area contributed by atoms with E-state index in [4.69, 9.17) is 10.5 Å². The fourth-order valence-corrected chi connectivity index (χ4v) is 2.08. The molecule has 1 aliphatic rings. The molecule has 6 heteroatoms. The van der Waals surface area contributed by atoms with Gasteiger partial charge in [0.2, 0.25) is 0 Å². The number of aryl methyl sites for hydroxylation is 1. The predicted molar refractivity (Wildman–Crippen MR) is 62.4 cm³/mol. The number of aromatic nitrogens is 2. The van der Waals surface area contributed by atoms with Gasteiger partial charge in [0.05, 0.1) is 6.61 Å². The van der Waals surface area contributed by atoms with E-state index in [9.17, 15) is 8.78 Å². The van der Waals surface area contributed by atoms with Crippen LogP contribution in [0.3, 0.4) is 0 Å². The van der Waals surface area contributed by atoms with Gasteiger partial charge < -0.3 is 10.5 Å². The number of hydrogen-bond acceptors (Lipinski definition) is 4. The first-order valence-corrected chi connectivity index (χ1v) is 6.13. The second-order valence-corrected chi connectivity index (χ2v) is 4.40. The highest BCUT2D eigenvalue weighted by Gasteiger charge is 2.18. The first-order chi connectivity index (χ1) is 8.66. The summed E-state index contributed by atoms with van der Waals surface area (Å²) in [6, 6.07) is 0.0258. The van der Waals surface area contributed by atoms with Gasteiger partial charge in [0.1, 0.15) is 12.4 Å². The molecule has 0 saturated heterocycles. The molecule has 0 saturated carbocycles. The molecule has 0 aliphatic heterocycles. The van der Waals surface area contributed by atoms with Crippen molar-refractivity contribution in [2.45, 2.75) is 38.2 Å². The van der Waals surface area contributed by atoms with Gasteiger partial charge in [-0.15, -0.1) is 0 Å². The smallest absolute Gasteiger partial charge is 0.261 e. The van der Waals surface area contributed by atoms with Crippen LogP contribution in [0.25, 0.3) is 0 Å². The minimum absolute atomic E-state index is 0.0258. The number of nitrogens with two attached hydrogens (primary N) is 1. The van der Waals surface area contributed by atoms with Crippen molar-refractivity contribution in [3.63, 3.8) is 0 Å². The third kappa shape index (κ3) is 3.43. The fraction of sp³-hybridized carbons (Fsp3) is 0.667. The molecule has 2 rings (SSSR count). The lowest BCUT2D eigenvalue weighted by molar-refractivity contribution is 0.0182. The molecule has 100 valence electrons. The van der Waals surface area contributed by atoms with Crippen LogP contribution in [-0.2, 0) is 17.6 Å². The maximum absolute atomic E-state index is 11.9. The Labute approximate surface area is 105 Å². The summed E-state index contributed by atoms with van der Waals surface area (Å²) in [5, 5.41) is 0. The molecule has 18 heavy (non-hydrogen) atoms. The number of fused-ring (bicyclic) bond motifs is 1. The Bertz CT molecular complexity index is 401. The molecule has 1 aromatic rings. The SMILES string of the molecule is NC1CCCc2nc(CCOCC(F)F)ncc21. The van der Waals surface area contributed by atoms with E-state index in [1.807, 2.05) is 0 Å². The molecule has 1 unspecified atom stereocenters. The molecule has 1 aliphatic carbocycles. The quantitative estimate of drug-likeness (QED) is 0.814. The van der Waals surface area contributed by atoms with Gasteiger partial charge in [-0.25, -0.2) is 18.7 Å². The first-order valence-electron chi connectivity index (χ1n) is 6.13. The Kier molecular flexibility index (Phi) is 4.54. The summed E-state index contributed by atoms with van der Waals surface area (Å²) in [5.41, 5.74) is 7.97. The summed E-state index contributed by atoms with van der Waals surface area (Å²) in [6.07, 6.45) is 2.70. The molecule has 0 bridgehead atoms. The number of ether oxygens (including phenoxy) is 1. The molecular formula is C12H17F2N3O. The van der Waals surface area contributed by atoms with Crippen molar-refractivity contribution in [2.24, 2.45) is 5.73 Å². The highest BCUT2D eigenvalue weighted by molar-refractivity contribution is 5.24. The molecule has 0 fully saturated rings. The van der Waals surface area contributed by atoms with Crippen molar-refractivity contribution < 1.29 is 13.5 Å². The average molecular weight is 257 g/mol. The van der Waals surface area contributed by atoms with E-state index in [-0.39, 0.29) is 12.6 Å². The monoisotopic (exact) mass is 257 g/mol. The largest absolute Gasteiger partial charge is 0.375 e. The van der Waals surface area contributed by atoms with Crippen LogP contribution in [0.2, 0.25) is 0 Å². The van der Waals surface area contributed by atoms with Crippen LogP contribution in [-0.4, -0.2) is 29.6 Å². The van der Waals surface area contributed by atoms with Gasteiger partial charge in [0.25, 0.3) is 6.43 Å². The molecule has 2 N–H and O–H groups in total. The topological polar surface area (TPSA) is 61.0 Å². The Morgan fingerprint density at radius 1 is 1.50 bits per heavy atom. The molecule has 4 nitrogen and oxygen atoms in total. The summed E-state index contributed by atoms with van der Waals surface area (Å²) >= 11 is 0. The van der Waals surface area contributed by atoms with Crippen molar-refractivity contribution in [1.82, 2.24) is 9.97 Å². The number of nitrogens with zero attached hydrogens (tertiary/aromatic N) is 2. The van der Waals surface area contributed by atoms with E-state index in [0.717, 1.165) is 30.5 Å². The number of halogens is 2. The minimum atomic E-state index is -2.42. The normalized spacial score (nSPS) is 19.0. The van der Waals surface area contributed by atoms with E-state index in [0.29, 0.717) is 12.2 Å². The van der Waals surface area contributed by atoms with Crippen LogP contribution in [0.5, 0.6) is 0 Å². The van der Waals surface area contributed by atoms with Gasteiger partial charge in [0.15, 0.2) is 0 Å². The molecule has 0 radical (unpaired) electrons. The standard InChI is InChI=1S/C12H17F2N3O/c13-11(14)7-18-5-4-12-16-6-8-9(15)2-1-3-10(8)17-12/h6,9,11H,1-5,7,15H2. The van der Waals surface area contributed by atoms with Crippen molar-refractivity contribution in [3.05, 3.63) is 23.3 Å². The summed E-state index contributed by atoms with van der Waals surface area (Å²) in [5.74, 6) is 0.636. The Hall–Kier alpha value is -1.14. The van der Waals surface area contributed by atoms with E-state index < -0.39 is 13.0 Å². The van der Waals surface area contributed by atoms with Gasteiger partial charge in [0, 0.05) is 29.9 Å². The minimum Gasteiger partial charge on any atom is -0.375 e. The molecule has 1 heterocycles. The van der Waals surface area contributed by atoms with E-state index in [1.54, 1.807) is 6.20 Å². The number of rotatable bonds is 5. The molecular weight excluding hydrogens is 240 g/mol.